The molecule has 1 aromatic heterocycles. The minimum atomic E-state index is -1.36. The number of nitrogens with zero attached hydrogens (tertiary/aromatic N) is 5. The minimum absolute atomic E-state index is 0.00395. The summed E-state index contributed by atoms with van der Waals surface area (Å²) >= 11 is 0. The van der Waals surface area contributed by atoms with Crippen LogP contribution in [0.2, 0.25) is 0 Å². The molecule has 0 spiro atoms. The summed E-state index contributed by atoms with van der Waals surface area (Å²) in [6, 6.07) is 0. The second-order valence-corrected chi connectivity index (χ2v) is 11.7. The van der Waals surface area contributed by atoms with E-state index in [1.807, 2.05) is 0 Å². The lowest BCUT2D eigenvalue weighted by atomic mass is 9.86. The van der Waals surface area contributed by atoms with Crippen molar-refractivity contribution in [3.8, 4) is 17.2 Å². The van der Waals surface area contributed by atoms with Crippen LogP contribution in [0.3, 0.4) is 0 Å². The smallest absolute Gasteiger partial charge is 0.375 e. The van der Waals surface area contributed by atoms with Gasteiger partial charge in [0.25, 0.3) is 5.84 Å². The summed E-state index contributed by atoms with van der Waals surface area (Å²) < 4.78 is 25.2. The normalized spacial score (nSPS) is 21.5. The minimum Gasteiger partial charge on any atom is -0.857 e. The number of ether oxygens (including phenoxy) is 4. The van der Waals surface area contributed by atoms with Gasteiger partial charge in [-0.15, -0.1) is 0 Å². The van der Waals surface area contributed by atoms with Crippen LogP contribution in [0.1, 0.15) is 43.4 Å². The molecular weight excluding hydrogens is 642 g/mol. The second-order valence-electron chi connectivity index (χ2n) is 11.7. The fraction of sp³-hybridized carbons (Fsp3) is 0.406. The Hall–Kier alpha value is -5.23. The zero-order valence-electron chi connectivity index (χ0n) is 27.0. The number of aliphatic imine (C=N–C) groups is 3. The molecule has 17 heteroatoms. The molecule has 0 amide bonds. The molecule has 0 fully saturated rings. The van der Waals surface area contributed by atoms with Gasteiger partial charge in [0.1, 0.15) is 23.4 Å². The number of aromatic nitrogens is 2. The highest BCUT2D eigenvalue weighted by molar-refractivity contribution is 6.66. The van der Waals surface area contributed by atoms with Crippen LogP contribution >= 0.6 is 0 Å². The molecule has 6 rings (SSSR count). The van der Waals surface area contributed by atoms with Gasteiger partial charge in [0.15, 0.2) is 18.7 Å². The molecule has 5 N–H and O–H groups in total. The number of esters is 1. The van der Waals surface area contributed by atoms with Crippen LogP contribution in [0.4, 0.5) is 5.95 Å². The maximum Gasteiger partial charge on any atom is 0.375 e. The number of benzene rings is 1. The van der Waals surface area contributed by atoms with E-state index < -0.39 is 41.9 Å². The molecule has 0 saturated carbocycles. The predicted molar refractivity (Wildman–Crippen MR) is 170 cm³/mol. The van der Waals surface area contributed by atoms with Crippen molar-refractivity contribution in [2.75, 3.05) is 27.0 Å². The number of aldehydes is 1. The van der Waals surface area contributed by atoms with Crippen molar-refractivity contribution in [1.82, 2.24) is 9.55 Å². The van der Waals surface area contributed by atoms with Gasteiger partial charge in [0.2, 0.25) is 11.7 Å². The topological polar surface area (TPSA) is 238 Å². The summed E-state index contributed by atoms with van der Waals surface area (Å²) in [5.41, 5.74) is -0.237. The van der Waals surface area contributed by atoms with Gasteiger partial charge in [-0.25, -0.2) is 19.7 Å². The van der Waals surface area contributed by atoms with Crippen molar-refractivity contribution >= 4 is 47.2 Å². The van der Waals surface area contributed by atoms with E-state index in [4.69, 9.17) is 24.4 Å². The molecule has 2 aromatic rings. The molecule has 4 aliphatic rings. The van der Waals surface area contributed by atoms with E-state index in [-0.39, 0.29) is 90.3 Å². The first-order valence-electron chi connectivity index (χ1n) is 15.6. The van der Waals surface area contributed by atoms with Crippen LogP contribution < -0.4 is 24.2 Å². The predicted octanol–water partition coefficient (Wildman–Crippen LogP) is -1.26. The molecule has 0 saturated heterocycles. The van der Waals surface area contributed by atoms with E-state index in [2.05, 4.69) is 20.0 Å². The molecule has 3 atom stereocenters. The Bertz CT molecular complexity index is 1890. The number of nitrogens with one attached hydrogen (secondary N) is 2. The molecule has 49 heavy (non-hydrogen) atoms. The number of fused-ring (bicyclic) bond motifs is 3. The quantitative estimate of drug-likeness (QED) is 0.131. The summed E-state index contributed by atoms with van der Waals surface area (Å²) in [6.45, 7) is 2.65. The molecule has 4 aliphatic heterocycles. The molecule has 1 aromatic carbocycles. The fourth-order valence-corrected chi connectivity index (χ4v) is 6.37. The molecule has 17 nitrogen and oxygen atoms in total. The highest BCUT2D eigenvalue weighted by Crippen LogP contribution is 2.54. The second kappa shape index (κ2) is 13.3. The molecule has 0 aliphatic carbocycles. The summed E-state index contributed by atoms with van der Waals surface area (Å²) in [5, 5.41) is 51.4. The monoisotopic (exact) mass is 677 g/mol. The van der Waals surface area contributed by atoms with Crippen LogP contribution in [0.25, 0.3) is 5.57 Å². The lowest BCUT2D eigenvalue weighted by Gasteiger charge is -2.29. The number of amidine groups is 1. The Balaban J connectivity index is 1.47. The number of allylic oxidation sites excluding steroid dienone is 3. The number of quaternary nitrogens is 1. The number of aliphatic hydroxyl groups excluding tert-OH is 2. The van der Waals surface area contributed by atoms with Crippen LogP contribution in [0.5, 0.6) is 17.2 Å². The lowest BCUT2D eigenvalue weighted by Crippen LogP contribution is -3.10. The Labute approximate surface area is 279 Å². The molecule has 0 radical (unpaired) electrons. The van der Waals surface area contributed by atoms with Gasteiger partial charge in [-0.2, -0.15) is 9.98 Å². The zero-order valence-corrected chi connectivity index (χ0v) is 27.0. The Morgan fingerprint density at radius 2 is 2.10 bits per heavy atom. The van der Waals surface area contributed by atoms with E-state index in [9.17, 15) is 30.0 Å². The molecule has 258 valence electrons. The third kappa shape index (κ3) is 5.79. The van der Waals surface area contributed by atoms with E-state index >= 15 is 0 Å². The molecule has 0 bridgehead atoms. The van der Waals surface area contributed by atoms with Gasteiger partial charge in [0.05, 0.1) is 48.8 Å². The van der Waals surface area contributed by atoms with Gasteiger partial charge in [-0.3, -0.25) is 14.8 Å². The average Bonchev–Trinajstić information content (AvgIpc) is 3.83. The van der Waals surface area contributed by atoms with Crippen LogP contribution in [-0.2, 0) is 33.9 Å². The summed E-state index contributed by atoms with van der Waals surface area (Å²) in [6.07, 6.45) is 5.31. The third-order valence-electron chi connectivity index (χ3n) is 8.69. The van der Waals surface area contributed by atoms with Gasteiger partial charge < -0.3 is 39.4 Å². The summed E-state index contributed by atoms with van der Waals surface area (Å²) in [5.74, 6) is -1.29. The van der Waals surface area contributed by atoms with Gasteiger partial charge in [-0.1, -0.05) is 6.08 Å². The number of aliphatic hydroxyl groups is 3. The van der Waals surface area contributed by atoms with Crippen molar-refractivity contribution in [3.63, 3.8) is 0 Å². The largest absolute Gasteiger partial charge is 0.857 e. The highest BCUT2D eigenvalue weighted by Gasteiger charge is 2.45. The highest BCUT2D eigenvalue weighted by atomic mass is 16.6. The SMILES string of the molecule is CCOC(=O)C1=C(C=O)C(=CCn2ccnc2[NH+]2CN=C3C([O-])=NC(=N)N=C32)c2c(OC)c3c(c(CO)c2O1)O[C@H]([C@](C)(O)CCCO)C3. The Morgan fingerprint density at radius 3 is 2.80 bits per heavy atom. The maximum absolute atomic E-state index is 13.2. The van der Waals surface area contributed by atoms with Crippen molar-refractivity contribution < 1.29 is 53.9 Å². The molecular formula is C32H35N7O10. The number of methoxy groups -OCH3 is 1. The zero-order chi connectivity index (χ0) is 35.0. The number of carbonyl (C=O) groups excluding carboxylic acids is 2. The van der Waals surface area contributed by atoms with Crippen molar-refractivity contribution in [2.45, 2.75) is 58.0 Å². The van der Waals surface area contributed by atoms with Crippen molar-refractivity contribution in [2.24, 2.45) is 15.0 Å². The van der Waals surface area contributed by atoms with Gasteiger partial charge in [0, 0.05) is 42.8 Å². The lowest BCUT2D eigenvalue weighted by molar-refractivity contribution is -0.730. The number of hydrogen-bond acceptors (Lipinski definition) is 13. The van der Waals surface area contributed by atoms with E-state index in [1.54, 1.807) is 30.7 Å². The first-order valence-corrected chi connectivity index (χ1v) is 15.6. The number of rotatable bonds is 12. The number of carbonyl (C=O) groups is 2. The van der Waals surface area contributed by atoms with E-state index in [1.165, 1.54) is 13.3 Å². The summed E-state index contributed by atoms with van der Waals surface area (Å²) in [7, 11) is 1.42. The average molecular weight is 678 g/mol. The van der Waals surface area contributed by atoms with E-state index in [0.717, 1.165) is 0 Å². The standard InChI is InChI=1S/C32H35N7O10/c1-4-47-29(44)26-18(13-41)16(6-9-38-10-8-34-31(38)39-15-35-22-27(39)36-30(33)37-28(22)43)21-24(46-3)17-12-20(32(2,45)7-5-11-40)48-23(17)19(14-42)25(21)49-26/h6,8,10,13,20,40,42,45H,4-5,7,9,11-12,14-15H2,1-3H3,(H2,33,37,43)/t20-,32+/m0/s1. The Kier molecular flexibility index (Phi) is 9.17. The third-order valence-corrected chi connectivity index (χ3v) is 8.69. The summed E-state index contributed by atoms with van der Waals surface area (Å²) in [4.78, 5) is 42.8. The Morgan fingerprint density at radius 1 is 1.31 bits per heavy atom. The number of imidazole rings is 1. The number of guanidine groups is 1. The molecule has 1 unspecified atom stereocenters. The van der Waals surface area contributed by atoms with Crippen molar-refractivity contribution in [3.05, 3.63) is 46.5 Å². The van der Waals surface area contributed by atoms with E-state index in [0.29, 0.717) is 29.1 Å². The fourth-order valence-electron chi connectivity index (χ4n) is 6.37. The van der Waals surface area contributed by atoms with Crippen LogP contribution in [0.15, 0.2) is 44.8 Å². The van der Waals surface area contributed by atoms with Crippen molar-refractivity contribution in [1.29, 1.82) is 5.41 Å². The number of hydrogen-bond donors (Lipinski definition) is 5. The first-order chi connectivity index (χ1) is 23.6. The first kappa shape index (κ1) is 33.7. The maximum atomic E-state index is 13.2. The van der Waals surface area contributed by atoms with Gasteiger partial charge in [-0.05, 0) is 26.7 Å². The van der Waals surface area contributed by atoms with Crippen LogP contribution in [-0.4, -0.2) is 99.2 Å². The molecule has 5 heterocycles. The van der Waals surface area contributed by atoms with Gasteiger partial charge >= 0.3 is 11.9 Å². The van der Waals surface area contributed by atoms with Crippen LogP contribution in [0, 0.1) is 5.41 Å².